The Hall–Kier alpha value is -1.39. The van der Waals surface area contributed by atoms with E-state index in [9.17, 15) is 0 Å². The van der Waals surface area contributed by atoms with E-state index in [1.54, 1.807) is 18.2 Å². The van der Waals surface area contributed by atoms with E-state index in [0.29, 0.717) is 27.1 Å². The fraction of sp³-hybridized carbons (Fsp3) is 0.100. The molecule has 0 saturated heterocycles. The molecule has 4 nitrogen and oxygen atoms in total. The van der Waals surface area contributed by atoms with Gasteiger partial charge in [0.1, 0.15) is 11.4 Å². The summed E-state index contributed by atoms with van der Waals surface area (Å²) in [5, 5.41) is 4.68. The highest BCUT2D eigenvalue weighted by Gasteiger charge is 2.14. The summed E-state index contributed by atoms with van der Waals surface area (Å²) in [7, 11) is 1.51. The molecule has 0 atom stereocenters. The highest BCUT2D eigenvalue weighted by molar-refractivity contribution is 6.36. The number of nitrogens with zero attached hydrogens (tertiary/aromatic N) is 1. The summed E-state index contributed by atoms with van der Waals surface area (Å²) in [4.78, 5) is 0. The number of aromatic nitrogens is 1. The zero-order valence-electron chi connectivity index (χ0n) is 8.33. The normalized spacial score (nSPS) is 10.4. The van der Waals surface area contributed by atoms with Gasteiger partial charge in [0.2, 0.25) is 5.88 Å². The van der Waals surface area contributed by atoms with Crippen molar-refractivity contribution >= 4 is 29.1 Å². The number of nitrogen functional groups attached to an aromatic ring is 1. The Labute approximate surface area is 102 Å². The third kappa shape index (κ3) is 1.94. The number of ether oxygens (including phenoxy) is 1. The molecular weight excluding hydrogens is 251 g/mol. The van der Waals surface area contributed by atoms with Crippen molar-refractivity contribution in [2.24, 2.45) is 0 Å². The van der Waals surface area contributed by atoms with Gasteiger partial charge in [-0.2, -0.15) is 0 Å². The Morgan fingerprint density at radius 1 is 1.31 bits per heavy atom. The predicted octanol–water partition coefficient (Wildman–Crippen LogP) is 3.24. The molecule has 0 unspecified atom stereocenters. The Bertz CT molecular complexity index is 526. The summed E-state index contributed by atoms with van der Waals surface area (Å²) in [6.45, 7) is 0. The summed E-state index contributed by atoms with van der Waals surface area (Å²) in [6.07, 6.45) is 0. The van der Waals surface area contributed by atoms with E-state index in [1.165, 1.54) is 7.11 Å². The Morgan fingerprint density at radius 3 is 2.62 bits per heavy atom. The molecule has 2 N–H and O–H groups in total. The lowest BCUT2D eigenvalue weighted by atomic mass is 10.1. The van der Waals surface area contributed by atoms with Crippen LogP contribution in [-0.2, 0) is 0 Å². The Balaban J connectivity index is 2.60. The number of halogens is 2. The number of rotatable bonds is 2. The third-order valence-corrected chi connectivity index (χ3v) is 2.64. The lowest BCUT2D eigenvalue weighted by Crippen LogP contribution is -1.87. The fourth-order valence-electron chi connectivity index (χ4n) is 1.32. The largest absolute Gasteiger partial charge is 0.495 e. The van der Waals surface area contributed by atoms with Gasteiger partial charge in [0, 0.05) is 22.7 Å². The lowest BCUT2D eigenvalue weighted by molar-refractivity contribution is 0.415. The van der Waals surface area contributed by atoms with Crippen molar-refractivity contribution in [3.05, 3.63) is 28.2 Å². The Morgan fingerprint density at radius 2 is 2.06 bits per heavy atom. The van der Waals surface area contributed by atoms with Gasteiger partial charge in [-0.15, -0.1) is 0 Å². The van der Waals surface area contributed by atoms with Gasteiger partial charge in [0.15, 0.2) is 0 Å². The van der Waals surface area contributed by atoms with Gasteiger partial charge in [-0.05, 0) is 6.07 Å². The van der Waals surface area contributed by atoms with Gasteiger partial charge in [-0.3, -0.25) is 0 Å². The first-order valence-electron chi connectivity index (χ1n) is 4.37. The van der Waals surface area contributed by atoms with Crippen LogP contribution < -0.4 is 10.5 Å². The standard InChI is InChI=1S/C10H8Cl2N2O2/c1-15-8-3-5(11)2-6(10(8)12)7-4-9(13)16-14-7/h2-4H,13H2,1H3. The maximum absolute atomic E-state index is 6.12. The van der Waals surface area contributed by atoms with Crippen molar-refractivity contribution in [1.29, 1.82) is 0 Å². The molecule has 2 rings (SSSR count). The topological polar surface area (TPSA) is 61.3 Å². The maximum Gasteiger partial charge on any atom is 0.222 e. The summed E-state index contributed by atoms with van der Waals surface area (Å²) < 4.78 is 9.86. The van der Waals surface area contributed by atoms with Crippen LogP contribution in [0.3, 0.4) is 0 Å². The van der Waals surface area contributed by atoms with Crippen LogP contribution in [0.1, 0.15) is 0 Å². The minimum absolute atomic E-state index is 0.213. The van der Waals surface area contributed by atoms with Crippen LogP contribution in [0.15, 0.2) is 22.7 Å². The third-order valence-electron chi connectivity index (χ3n) is 2.03. The number of hydrogen-bond acceptors (Lipinski definition) is 4. The summed E-state index contributed by atoms with van der Waals surface area (Å²) in [5.74, 6) is 0.691. The van der Waals surface area contributed by atoms with E-state index >= 15 is 0 Å². The average molecular weight is 259 g/mol. The number of hydrogen-bond donors (Lipinski definition) is 1. The van der Waals surface area contributed by atoms with Crippen molar-refractivity contribution in [1.82, 2.24) is 5.16 Å². The van der Waals surface area contributed by atoms with Crippen molar-refractivity contribution in [2.75, 3.05) is 12.8 Å². The highest BCUT2D eigenvalue weighted by Crippen LogP contribution is 2.37. The summed E-state index contributed by atoms with van der Waals surface area (Å²) >= 11 is 12.0. The van der Waals surface area contributed by atoms with E-state index in [0.717, 1.165) is 0 Å². The molecule has 0 bridgehead atoms. The molecule has 0 aliphatic carbocycles. The van der Waals surface area contributed by atoms with Crippen molar-refractivity contribution in [3.63, 3.8) is 0 Å². The van der Waals surface area contributed by atoms with E-state index in [1.807, 2.05) is 0 Å². The molecular formula is C10H8Cl2N2O2. The molecule has 1 aromatic carbocycles. The molecule has 0 amide bonds. The van der Waals surface area contributed by atoms with Crippen molar-refractivity contribution < 1.29 is 9.26 Å². The van der Waals surface area contributed by atoms with Crippen LogP contribution in [0.25, 0.3) is 11.3 Å². The van der Waals surface area contributed by atoms with Gasteiger partial charge in [-0.1, -0.05) is 28.4 Å². The highest BCUT2D eigenvalue weighted by atomic mass is 35.5. The number of benzene rings is 1. The molecule has 0 radical (unpaired) electrons. The Kier molecular flexibility index (Phi) is 2.94. The molecule has 0 spiro atoms. The van der Waals surface area contributed by atoms with E-state index in [4.69, 9.17) is 38.2 Å². The SMILES string of the molecule is COc1cc(Cl)cc(-c2cc(N)on2)c1Cl. The van der Waals surface area contributed by atoms with E-state index < -0.39 is 0 Å². The monoisotopic (exact) mass is 258 g/mol. The van der Waals surface area contributed by atoms with Crippen LogP contribution in [0.2, 0.25) is 10.0 Å². The minimum Gasteiger partial charge on any atom is -0.495 e. The zero-order chi connectivity index (χ0) is 11.7. The van der Waals surface area contributed by atoms with Gasteiger partial charge in [-0.25, -0.2) is 0 Å². The smallest absolute Gasteiger partial charge is 0.222 e. The zero-order valence-corrected chi connectivity index (χ0v) is 9.84. The van der Waals surface area contributed by atoms with Gasteiger partial charge in [0.05, 0.1) is 12.1 Å². The number of methoxy groups -OCH3 is 1. The first-order chi connectivity index (χ1) is 7.61. The van der Waals surface area contributed by atoms with Gasteiger partial charge >= 0.3 is 0 Å². The molecule has 84 valence electrons. The van der Waals surface area contributed by atoms with Crippen LogP contribution in [-0.4, -0.2) is 12.3 Å². The molecule has 0 aliphatic heterocycles. The molecule has 2 aromatic rings. The summed E-state index contributed by atoms with van der Waals surface area (Å²) in [6, 6.07) is 4.86. The second kappa shape index (κ2) is 4.23. The van der Waals surface area contributed by atoms with Gasteiger partial charge in [0.25, 0.3) is 0 Å². The van der Waals surface area contributed by atoms with E-state index in [2.05, 4.69) is 5.16 Å². The fourth-order valence-corrected chi connectivity index (χ4v) is 1.81. The molecule has 1 heterocycles. The van der Waals surface area contributed by atoms with Crippen LogP contribution >= 0.6 is 23.2 Å². The number of nitrogens with two attached hydrogens (primary N) is 1. The van der Waals surface area contributed by atoms with Crippen LogP contribution in [0.4, 0.5) is 5.88 Å². The molecule has 0 fully saturated rings. The predicted molar refractivity (Wildman–Crippen MR) is 62.9 cm³/mol. The van der Waals surface area contributed by atoms with Crippen molar-refractivity contribution in [2.45, 2.75) is 0 Å². The molecule has 16 heavy (non-hydrogen) atoms. The quantitative estimate of drug-likeness (QED) is 0.899. The average Bonchev–Trinajstić information content (AvgIpc) is 2.67. The first kappa shape index (κ1) is 11.1. The molecule has 0 saturated carbocycles. The molecule has 0 aliphatic rings. The van der Waals surface area contributed by atoms with Crippen LogP contribution in [0, 0.1) is 0 Å². The second-order valence-corrected chi connectivity index (χ2v) is 3.90. The maximum atomic E-state index is 6.12. The minimum atomic E-state index is 0.213. The van der Waals surface area contributed by atoms with Crippen molar-refractivity contribution in [3.8, 4) is 17.0 Å². The summed E-state index contributed by atoms with van der Waals surface area (Å²) in [5.41, 5.74) is 6.57. The molecule has 6 heteroatoms. The second-order valence-electron chi connectivity index (χ2n) is 3.08. The first-order valence-corrected chi connectivity index (χ1v) is 5.13. The molecule has 1 aromatic heterocycles. The lowest BCUT2D eigenvalue weighted by Gasteiger charge is -2.07. The van der Waals surface area contributed by atoms with Gasteiger partial charge < -0.3 is 15.0 Å². The number of anilines is 1. The van der Waals surface area contributed by atoms with Crippen LogP contribution in [0.5, 0.6) is 5.75 Å². The van der Waals surface area contributed by atoms with E-state index in [-0.39, 0.29) is 5.88 Å².